The van der Waals surface area contributed by atoms with Crippen LogP contribution in [-0.2, 0) is 6.42 Å². The van der Waals surface area contributed by atoms with Crippen molar-refractivity contribution in [3.63, 3.8) is 0 Å². The molecule has 2 rings (SSSR count). The molecular formula is C15H17ClN2. The van der Waals surface area contributed by atoms with Gasteiger partial charge in [0.2, 0.25) is 0 Å². The van der Waals surface area contributed by atoms with E-state index in [0.29, 0.717) is 0 Å². The quantitative estimate of drug-likeness (QED) is 0.888. The van der Waals surface area contributed by atoms with Gasteiger partial charge in [0.15, 0.2) is 0 Å². The van der Waals surface area contributed by atoms with Crippen molar-refractivity contribution in [1.29, 1.82) is 0 Å². The highest BCUT2D eigenvalue weighted by atomic mass is 35.5. The minimum atomic E-state index is 0.265. The molecule has 0 aliphatic rings. The number of benzene rings is 1. The maximum Gasteiger partial charge on any atom is 0.0453 e. The molecule has 94 valence electrons. The molecule has 2 aromatic rings. The number of nitrogens with one attached hydrogen (secondary N) is 1. The normalized spacial score (nSPS) is 12.3. The molecule has 0 saturated carbocycles. The minimum absolute atomic E-state index is 0.265. The van der Waals surface area contributed by atoms with Crippen LogP contribution < -0.4 is 5.32 Å². The number of hydrogen-bond donors (Lipinski definition) is 1. The molecule has 18 heavy (non-hydrogen) atoms. The first-order valence-electron chi connectivity index (χ1n) is 6.13. The average Bonchev–Trinajstić information content (AvgIpc) is 2.42. The second-order valence-corrected chi connectivity index (χ2v) is 4.63. The third-order valence-corrected chi connectivity index (χ3v) is 3.39. The van der Waals surface area contributed by atoms with Gasteiger partial charge in [-0.1, -0.05) is 35.9 Å². The number of aryl methyl sites for hydroxylation is 1. The highest BCUT2D eigenvalue weighted by Crippen LogP contribution is 2.25. The fraction of sp³-hybridized carbons (Fsp3) is 0.267. The van der Waals surface area contributed by atoms with Gasteiger partial charge in [-0.15, -0.1) is 0 Å². The van der Waals surface area contributed by atoms with E-state index in [2.05, 4.69) is 22.4 Å². The Balaban J connectivity index is 2.04. The van der Waals surface area contributed by atoms with E-state index in [0.717, 1.165) is 29.1 Å². The van der Waals surface area contributed by atoms with Gasteiger partial charge in [-0.3, -0.25) is 4.98 Å². The Morgan fingerprint density at radius 2 is 1.94 bits per heavy atom. The van der Waals surface area contributed by atoms with Crippen molar-refractivity contribution in [2.75, 3.05) is 7.05 Å². The minimum Gasteiger partial charge on any atom is -0.313 e. The number of hydrogen-bond acceptors (Lipinski definition) is 2. The van der Waals surface area contributed by atoms with Gasteiger partial charge < -0.3 is 5.32 Å². The van der Waals surface area contributed by atoms with Crippen LogP contribution in [0.4, 0.5) is 0 Å². The van der Waals surface area contributed by atoms with E-state index in [1.165, 1.54) is 0 Å². The molecule has 1 heterocycles. The van der Waals surface area contributed by atoms with Gasteiger partial charge in [0, 0.05) is 23.0 Å². The van der Waals surface area contributed by atoms with E-state index >= 15 is 0 Å². The zero-order valence-electron chi connectivity index (χ0n) is 10.4. The van der Waals surface area contributed by atoms with E-state index in [1.807, 2.05) is 43.6 Å². The van der Waals surface area contributed by atoms with Gasteiger partial charge in [-0.2, -0.15) is 0 Å². The molecule has 0 spiro atoms. The van der Waals surface area contributed by atoms with Crippen molar-refractivity contribution < 1.29 is 0 Å². The largest absolute Gasteiger partial charge is 0.313 e. The highest BCUT2D eigenvalue weighted by molar-refractivity contribution is 6.31. The van der Waals surface area contributed by atoms with Crippen LogP contribution in [0.3, 0.4) is 0 Å². The molecule has 0 amide bonds. The second-order valence-electron chi connectivity index (χ2n) is 4.22. The molecule has 0 fully saturated rings. The number of aromatic nitrogens is 1. The Labute approximate surface area is 113 Å². The maximum absolute atomic E-state index is 6.22. The summed E-state index contributed by atoms with van der Waals surface area (Å²) in [4.78, 5) is 4.34. The Bertz CT molecular complexity index is 485. The van der Waals surface area contributed by atoms with Gasteiger partial charge in [0.25, 0.3) is 0 Å². The summed E-state index contributed by atoms with van der Waals surface area (Å²) in [5.74, 6) is 0. The summed E-state index contributed by atoms with van der Waals surface area (Å²) in [5.41, 5.74) is 2.27. The zero-order chi connectivity index (χ0) is 12.8. The monoisotopic (exact) mass is 260 g/mol. The predicted molar refractivity (Wildman–Crippen MR) is 75.8 cm³/mol. The van der Waals surface area contributed by atoms with E-state index in [4.69, 9.17) is 11.6 Å². The molecule has 0 bridgehead atoms. The van der Waals surface area contributed by atoms with Gasteiger partial charge in [-0.05, 0) is 43.7 Å². The third kappa shape index (κ3) is 3.31. The van der Waals surface area contributed by atoms with Crippen molar-refractivity contribution in [3.8, 4) is 0 Å². The Morgan fingerprint density at radius 3 is 2.61 bits per heavy atom. The smallest absolute Gasteiger partial charge is 0.0453 e. The number of pyridine rings is 1. The van der Waals surface area contributed by atoms with Crippen molar-refractivity contribution in [2.45, 2.75) is 18.9 Å². The summed E-state index contributed by atoms with van der Waals surface area (Å²) < 4.78 is 0. The molecule has 0 aliphatic heterocycles. The summed E-state index contributed by atoms with van der Waals surface area (Å²) in [5, 5.41) is 4.13. The van der Waals surface area contributed by atoms with Crippen LogP contribution in [0.2, 0.25) is 5.02 Å². The van der Waals surface area contributed by atoms with Crippen molar-refractivity contribution >= 4 is 11.6 Å². The second kappa shape index (κ2) is 6.53. The van der Waals surface area contributed by atoms with Gasteiger partial charge in [0.05, 0.1) is 0 Å². The van der Waals surface area contributed by atoms with Gasteiger partial charge in [0.1, 0.15) is 0 Å². The first-order valence-corrected chi connectivity index (χ1v) is 6.50. The summed E-state index contributed by atoms with van der Waals surface area (Å²) in [6.45, 7) is 0. The number of nitrogens with zero attached hydrogens (tertiary/aromatic N) is 1. The molecular weight excluding hydrogens is 244 g/mol. The summed E-state index contributed by atoms with van der Waals surface area (Å²) in [6, 6.07) is 14.3. The Hall–Kier alpha value is -1.38. The van der Waals surface area contributed by atoms with E-state index < -0.39 is 0 Å². The molecule has 1 atom stereocenters. The van der Waals surface area contributed by atoms with Crippen LogP contribution >= 0.6 is 11.6 Å². The molecule has 0 saturated heterocycles. The van der Waals surface area contributed by atoms with E-state index in [9.17, 15) is 0 Å². The Morgan fingerprint density at radius 1 is 1.17 bits per heavy atom. The lowest BCUT2D eigenvalue weighted by Crippen LogP contribution is -2.17. The van der Waals surface area contributed by atoms with Crippen LogP contribution in [0.15, 0.2) is 48.7 Å². The average molecular weight is 261 g/mol. The molecule has 1 unspecified atom stereocenters. The number of rotatable bonds is 5. The van der Waals surface area contributed by atoms with Crippen LogP contribution in [0, 0.1) is 0 Å². The van der Waals surface area contributed by atoms with Gasteiger partial charge in [-0.25, -0.2) is 0 Å². The Kier molecular flexibility index (Phi) is 4.73. The van der Waals surface area contributed by atoms with Gasteiger partial charge >= 0.3 is 0 Å². The molecule has 0 radical (unpaired) electrons. The lowest BCUT2D eigenvalue weighted by molar-refractivity contribution is 0.546. The molecule has 1 aromatic carbocycles. The lowest BCUT2D eigenvalue weighted by Gasteiger charge is -2.17. The molecule has 2 nitrogen and oxygen atoms in total. The first-order chi connectivity index (χ1) is 8.81. The zero-order valence-corrected chi connectivity index (χ0v) is 11.2. The summed E-state index contributed by atoms with van der Waals surface area (Å²) in [7, 11) is 1.96. The van der Waals surface area contributed by atoms with E-state index in [-0.39, 0.29) is 6.04 Å². The van der Waals surface area contributed by atoms with Crippen molar-refractivity contribution in [3.05, 3.63) is 64.9 Å². The molecule has 1 N–H and O–H groups in total. The van der Waals surface area contributed by atoms with Crippen LogP contribution in [0.5, 0.6) is 0 Å². The predicted octanol–water partition coefficient (Wildman–Crippen LogP) is 3.63. The third-order valence-electron chi connectivity index (χ3n) is 3.04. The lowest BCUT2D eigenvalue weighted by atomic mass is 10.0. The van der Waals surface area contributed by atoms with Crippen LogP contribution in [0.1, 0.15) is 23.7 Å². The van der Waals surface area contributed by atoms with Crippen LogP contribution in [0.25, 0.3) is 0 Å². The first kappa shape index (κ1) is 13.1. The maximum atomic E-state index is 6.22. The molecule has 1 aromatic heterocycles. The van der Waals surface area contributed by atoms with E-state index in [1.54, 1.807) is 0 Å². The molecule has 0 aliphatic carbocycles. The SMILES string of the molecule is CNC(CCc1ccccn1)c1ccccc1Cl. The fourth-order valence-corrected chi connectivity index (χ4v) is 2.32. The van der Waals surface area contributed by atoms with Crippen LogP contribution in [-0.4, -0.2) is 12.0 Å². The topological polar surface area (TPSA) is 24.9 Å². The fourth-order valence-electron chi connectivity index (χ4n) is 2.05. The highest BCUT2D eigenvalue weighted by Gasteiger charge is 2.12. The number of halogens is 1. The molecule has 3 heteroatoms. The standard InChI is InChI=1S/C15H17ClN2/c1-17-15(13-7-2-3-8-14(13)16)10-9-12-6-4-5-11-18-12/h2-8,11,15,17H,9-10H2,1H3. The summed E-state index contributed by atoms with van der Waals surface area (Å²) in [6.07, 6.45) is 3.76. The van der Waals surface area contributed by atoms with Crippen molar-refractivity contribution in [2.24, 2.45) is 0 Å². The summed E-state index contributed by atoms with van der Waals surface area (Å²) >= 11 is 6.22. The van der Waals surface area contributed by atoms with Crippen molar-refractivity contribution in [1.82, 2.24) is 10.3 Å².